The lowest BCUT2D eigenvalue weighted by molar-refractivity contribution is -0.114. The van der Waals surface area contributed by atoms with Crippen LogP contribution in [0.4, 0.5) is 5.69 Å². The number of benzene rings is 3. The number of anilines is 1. The van der Waals surface area contributed by atoms with Crippen LogP contribution in [-0.2, 0) is 17.8 Å². The zero-order valence-electron chi connectivity index (χ0n) is 16.0. The molecule has 0 saturated heterocycles. The maximum absolute atomic E-state index is 13.1. The molecule has 28 heavy (non-hydrogen) atoms. The van der Waals surface area contributed by atoms with Crippen LogP contribution in [0.3, 0.4) is 0 Å². The molecule has 3 aromatic rings. The van der Waals surface area contributed by atoms with Crippen molar-refractivity contribution in [3.05, 3.63) is 102 Å². The Balaban J connectivity index is 1.76. The highest BCUT2D eigenvalue weighted by Gasteiger charge is 2.16. The Morgan fingerprint density at radius 1 is 0.786 bits per heavy atom. The van der Waals surface area contributed by atoms with Gasteiger partial charge in [0.2, 0.25) is 5.91 Å². The van der Waals surface area contributed by atoms with Crippen LogP contribution in [0.15, 0.2) is 84.9 Å². The summed E-state index contributed by atoms with van der Waals surface area (Å²) in [7, 11) is 0. The summed E-state index contributed by atoms with van der Waals surface area (Å²) in [6, 6.07) is 27.2. The van der Waals surface area contributed by atoms with Crippen molar-refractivity contribution in [1.82, 2.24) is 4.90 Å². The fraction of sp³-hybridized carbons (Fsp3) is 0.167. The van der Waals surface area contributed by atoms with Gasteiger partial charge in [0, 0.05) is 31.3 Å². The molecule has 3 aromatic carbocycles. The minimum absolute atomic E-state index is 0.0193. The number of nitrogens with zero attached hydrogens (tertiary/aromatic N) is 1. The van der Waals surface area contributed by atoms with Crippen molar-refractivity contribution in [2.75, 3.05) is 11.9 Å². The van der Waals surface area contributed by atoms with Crippen LogP contribution in [-0.4, -0.2) is 23.3 Å². The van der Waals surface area contributed by atoms with Crippen molar-refractivity contribution < 1.29 is 9.59 Å². The second-order valence-corrected chi connectivity index (χ2v) is 6.71. The fourth-order valence-electron chi connectivity index (χ4n) is 3.05. The number of carbonyl (C=O) groups excluding carboxylic acids is 2. The molecule has 0 atom stereocenters. The highest BCUT2D eigenvalue weighted by atomic mass is 16.2. The van der Waals surface area contributed by atoms with Gasteiger partial charge in [0.05, 0.1) is 0 Å². The average Bonchev–Trinajstić information content (AvgIpc) is 2.72. The molecule has 4 nitrogen and oxygen atoms in total. The molecule has 142 valence electrons. The van der Waals surface area contributed by atoms with Gasteiger partial charge in [-0.2, -0.15) is 0 Å². The number of hydrogen-bond acceptors (Lipinski definition) is 2. The highest BCUT2D eigenvalue weighted by Crippen LogP contribution is 2.15. The lowest BCUT2D eigenvalue weighted by Crippen LogP contribution is -2.32. The lowest BCUT2D eigenvalue weighted by Gasteiger charge is -2.23. The van der Waals surface area contributed by atoms with E-state index in [0.29, 0.717) is 24.3 Å². The summed E-state index contributed by atoms with van der Waals surface area (Å²) >= 11 is 0. The van der Waals surface area contributed by atoms with Gasteiger partial charge in [0.25, 0.3) is 5.91 Å². The van der Waals surface area contributed by atoms with E-state index >= 15 is 0 Å². The van der Waals surface area contributed by atoms with E-state index in [0.717, 1.165) is 12.0 Å². The Hall–Kier alpha value is -3.40. The van der Waals surface area contributed by atoms with Gasteiger partial charge >= 0.3 is 0 Å². The third kappa shape index (κ3) is 5.55. The lowest BCUT2D eigenvalue weighted by atomic mass is 10.1. The first-order valence-corrected chi connectivity index (χ1v) is 9.36. The smallest absolute Gasteiger partial charge is 0.254 e. The zero-order valence-corrected chi connectivity index (χ0v) is 16.0. The molecule has 0 aliphatic heterocycles. The second kappa shape index (κ2) is 9.51. The molecular weight excluding hydrogens is 348 g/mol. The predicted octanol–water partition coefficient (Wildman–Crippen LogP) is 4.53. The first-order valence-electron chi connectivity index (χ1n) is 9.36. The van der Waals surface area contributed by atoms with E-state index in [-0.39, 0.29) is 11.8 Å². The normalized spacial score (nSPS) is 10.3. The van der Waals surface area contributed by atoms with Crippen LogP contribution < -0.4 is 5.32 Å². The number of rotatable bonds is 7. The van der Waals surface area contributed by atoms with Gasteiger partial charge < -0.3 is 10.2 Å². The molecule has 0 unspecified atom stereocenters. The standard InChI is InChI=1S/C24H24N2O2/c1-19(27)25-23-14-12-22(13-15-23)24(28)26(18-21-10-6-3-7-11-21)17-16-20-8-4-2-5-9-20/h2-15H,16-18H2,1H3,(H,25,27). The number of carbonyl (C=O) groups is 2. The molecule has 3 rings (SSSR count). The molecule has 1 N–H and O–H groups in total. The van der Waals surface area contributed by atoms with Crippen LogP contribution in [0.25, 0.3) is 0 Å². The first-order chi connectivity index (χ1) is 13.6. The van der Waals surface area contributed by atoms with E-state index in [9.17, 15) is 9.59 Å². The third-order valence-electron chi connectivity index (χ3n) is 4.47. The van der Waals surface area contributed by atoms with E-state index in [1.807, 2.05) is 53.4 Å². The molecule has 0 radical (unpaired) electrons. The van der Waals surface area contributed by atoms with E-state index in [1.54, 1.807) is 24.3 Å². The third-order valence-corrected chi connectivity index (χ3v) is 4.47. The topological polar surface area (TPSA) is 49.4 Å². The van der Waals surface area contributed by atoms with Gasteiger partial charge in [-0.25, -0.2) is 0 Å². The van der Waals surface area contributed by atoms with Gasteiger partial charge in [0.1, 0.15) is 0 Å². The Morgan fingerprint density at radius 2 is 1.36 bits per heavy atom. The van der Waals surface area contributed by atoms with Crippen LogP contribution >= 0.6 is 0 Å². The van der Waals surface area contributed by atoms with Crippen LogP contribution in [0, 0.1) is 0 Å². The first kappa shape index (κ1) is 19.4. The summed E-state index contributed by atoms with van der Waals surface area (Å²) in [5.74, 6) is -0.151. The predicted molar refractivity (Wildman–Crippen MR) is 112 cm³/mol. The molecule has 0 aromatic heterocycles. The summed E-state index contributed by atoms with van der Waals surface area (Å²) in [5, 5.41) is 2.72. The van der Waals surface area contributed by atoms with E-state index in [2.05, 4.69) is 17.4 Å². The zero-order chi connectivity index (χ0) is 19.8. The second-order valence-electron chi connectivity index (χ2n) is 6.71. The van der Waals surface area contributed by atoms with E-state index in [1.165, 1.54) is 12.5 Å². The molecule has 0 spiro atoms. The Morgan fingerprint density at radius 3 is 1.93 bits per heavy atom. The Labute approximate surface area is 165 Å². The molecule has 0 saturated carbocycles. The SMILES string of the molecule is CC(=O)Nc1ccc(C(=O)N(CCc2ccccc2)Cc2ccccc2)cc1. The highest BCUT2D eigenvalue weighted by molar-refractivity contribution is 5.95. The van der Waals surface area contributed by atoms with Crippen molar-refractivity contribution in [2.24, 2.45) is 0 Å². The van der Waals surface area contributed by atoms with Crippen LogP contribution in [0.5, 0.6) is 0 Å². The van der Waals surface area contributed by atoms with Crippen LogP contribution in [0.1, 0.15) is 28.4 Å². The maximum Gasteiger partial charge on any atom is 0.254 e. The van der Waals surface area contributed by atoms with E-state index in [4.69, 9.17) is 0 Å². The molecule has 0 bridgehead atoms. The minimum atomic E-state index is -0.132. The summed E-state index contributed by atoms with van der Waals surface area (Å²) in [5.41, 5.74) is 3.59. The van der Waals surface area contributed by atoms with Gasteiger partial charge in [-0.05, 0) is 41.8 Å². The average molecular weight is 372 g/mol. The van der Waals surface area contributed by atoms with Gasteiger partial charge in [-0.15, -0.1) is 0 Å². The summed E-state index contributed by atoms with van der Waals surface area (Å²) in [4.78, 5) is 26.2. The molecule has 0 aliphatic carbocycles. The largest absolute Gasteiger partial charge is 0.334 e. The number of amides is 2. The molecule has 0 aliphatic rings. The summed E-state index contributed by atoms with van der Waals surface area (Å²) in [6.45, 7) is 2.65. The van der Waals surface area contributed by atoms with Crippen molar-refractivity contribution in [1.29, 1.82) is 0 Å². The quantitative estimate of drug-likeness (QED) is 0.662. The monoisotopic (exact) mass is 372 g/mol. The van der Waals surface area contributed by atoms with Crippen LogP contribution in [0.2, 0.25) is 0 Å². The summed E-state index contributed by atoms with van der Waals surface area (Å²) < 4.78 is 0. The van der Waals surface area contributed by atoms with Gasteiger partial charge in [-0.1, -0.05) is 60.7 Å². The molecule has 0 heterocycles. The molecule has 0 fully saturated rings. The Kier molecular flexibility index (Phi) is 6.58. The van der Waals surface area contributed by atoms with Gasteiger partial charge in [0.15, 0.2) is 0 Å². The maximum atomic E-state index is 13.1. The molecule has 2 amide bonds. The fourth-order valence-corrected chi connectivity index (χ4v) is 3.05. The summed E-state index contributed by atoms with van der Waals surface area (Å²) in [6.07, 6.45) is 0.795. The number of nitrogens with one attached hydrogen (secondary N) is 1. The Bertz CT molecular complexity index is 906. The van der Waals surface area contributed by atoms with E-state index < -0.39 is 0 Å². The molecule has 4 heteroatoms. The van der Waals surface area contributed by atoms with Crippen molar-refractivity contribution >= 4 is 17.5 Å². The van der Waals surface area contributed by atoms with Crippen molar-refractivity contribution in [3.8, 4) is 0 Å². The van der Waals surface area contributed by atoms with Crippen molar-refractivity contribution in [2.45, 2.75) is 19.9 Å². The van der Waals surface area contributed by atoms with Gasteiger partial charge in [-0.3, -0.25) is 9.59 Å². The minimum Gasteiger partial charge on any atom is -0.334 e. The molecular formula is C24H24N2O2. The number of hydrogen-bond donors (Lipinski definition) is 1. The van der Waals surface area contributed by atoms with Crippen molar-refractivity contribution in [3.63, 3.8) is 0 Å².